The van der Waals surface area contributed by atoms with E-state index < -0.39 is 0 Å². The van der Waals surface area contributed by atoms with Crippen LogP contribution in [0.15, 0.2) is 18.2 Å². The zero-order valence-corrected chi connectivity index (χ0v) is 15.4. The monoisotopic (exact) mass is 321 g/mol. The van der Waals surface area contributed by atoms with Crippen molar-refractivity contribution in [2.75, 3.05) is 13.7 Å². The van der Waals surface area contributed by atoms with E-state index in [4.69, 9.17) is 9.47 Å². The van der Waals surface area contributed by atoms with Crippen molar-refractivity contribution in [3.63, 3.8) is 0 Å². The van der Waals surface area contributed by atoms with Gasteiger partial charge in [-0.2, -0.15) is 0 Å². The molecule has 1 aromatic carbocycles. The average Bonchev–Trinajstić information content (AvgIpc) is 2.50. The van der Waals surface area contributed by atoms with Crippen molar-refractivity contribution in [3.05, 3.63) is 29.3 Å². The van der Waals surface area contributed by atoms with E-state index in [-0.39, 0.29) is 17.6 Å². The maximum absolute atomic E-state index is 11.6. The molecule has 0 aromatic heterocycles. The lowest BCUT2D eigenvalue weighted by molar-refractivity contribution is -0.147. The summed E-state index contributed by atoms with van der Waals surface area (Å²) in [6.07, 6.45) is 2.15. The second-order valence-electron chi connectivity index (χ2n) is 6.44. The Morgan fingerprint density at radius 1 is 1.35 bits per heavy atom. The third-order valence-electron chi connectivity index (χ3n) is 4.18. The Morgan fingerprint density at radius 2 is 2.04 bits per heavy atom. The predicted molar refractivity (Wildman–Crippen MR) is 93.8 cm³/mol. The number of ether oxygens (including phenoxy) is 2. The number of carbonyl (C=O) groups is 1. The van der Waals surface area contributed by atoms with Gasteiger partial charge >= 0.3 is 5.97 Å². The summed E-state index contributed by atoms with van der Waals surface area (Å²) in [4.78, 5) is 11.6. The molecular formula is C19H31NO3. The van der Waals surface area contributed by atoms with Crippen LogP contribution in [0.1, 0.15) is 58.1 Å². The molecule has 0 fully saturated rings. The van der Waals surface area contributed by atoms with Gasteiger partial charge in [0.2, 0.25) is 0 Å². The van der Waals surface area contributed by atoms with Crippen LogP contribution in [0.25, 0.3) is 0 Å². The molecule has 0 saturated heterocycles. The van der Waals surface area contributed by atoms with Crippen LogP contribution in [-0.2, 0) is 15.1 Å². The van der Waals surface area contributed by atoms with Crippen LogP contribution in [0.3, 0.4) is 0 Å². The van der Waals surface area contributed by atoms with Gasteiger partial charge in [0.15, 0.2) is 0 Å². The van der Waals surface area contributed by atoms with Gasteiger partial charge in [0.05, 0.1) is 13.2 Å². The fourth-order valence-electron chi connectivity index (χ4n) is 2.71. The van der Waals surface area contributed by atoms with Crippen LogP contribution in [-0.4, -0.2) is 25.7 Å². The molecule has 0 aliphatic rings. The lowest BCUT2D eigenvalue weighted by atomic mass is 9.86. The maximum atomic E-state index is 11.6. The van der Waals surface area contributed by atoms with Gasteiger partial charge in [-0.25, -0.2) is 0 Å². The largest absolute Gasteiger partial charge is 0.497 e. The van der Waals surface area contributed by atoms with Crippen LogP contribution < -0.4 is 10.1 Å². The molecular weight excluding hydrogens is 290 g/mol. The molecule has 1 rings (SSSR count). The molecule has 0 spiro atoms. The fraction of sp³-hybridized carbons (Fsp3) is 0.632. The average molecular weight is 321 g/mol. The van der Waals surface area contributed by atoms with Crippen molar-refractivity contribution in [1.29, 1.82) is 0 Å². The first-order valence-corrected chi connectivity index (χ1v) is 8.42. The quantitative estimate of drug-likeness (QED) is 0.552. The van der Waals surface area contributed by atoms with Crippen molar-refractivity contribution in [3.8, 4) is 5.75 Å². The first-order valence-electron chi connectivity index (χ1n) is 8.42. The number of nitrogens with one attached hydrogen (secondary N) is 1. The van der Waals surface area contributed by atoms with Gasteiger partial charge in [-0.3, -0.25) is 4.79 Å². The second kappa shape index (κ2) is 8.92. The van der Waals surface area contributed by atoms with E-state index in [1.54, 1.807) is 7.11 Å². The van der Waals surface area contributed by atoms with Crippen molar-refractivity contribution in [2.24, 2.45) is 0 Å². The molecule has 0 bridgehead atoms. The molecule has 0 saturated carbocycles. The highest BCUT2D eigenvalue weighted by molar-refractivity contribution is 5.69. The lowest BCUT2D eigenvalue weighted by Gasteiger charge is -2.32. The second-order valence-corrected chi connectivity index (χ2v) is 6.44. The summed E-state index contributed by atoms with van der Waals surface area (Å²) in [6, 6.07) is 6.18. The molecule has 1 aromatic rings. The molecule has 1 unspecified atom stereocenters. The van der Waals surface area contributed by atoms with Gasteiger partial charge in [0, 0.05) is 12.0 Å². The van der Waals surface area contributed by atoms with E-state index in [9.17, 15) is 4.79 Å². The number of benzene rings is 1. The minimum absolute atomic E-state index is 0.0432. The van der Waals surface area contributed by atoms with Gasteiger partial charge in [-0.1, -0.05) is 13.0 Å². The lowest BCUT2D eigenvalue weighted by Crippen LogP contribution is -2.40. The molecule has 4 heteroatoms. The van der Waals surface area contributed by atoms with Gasteiger partial charge in [0.25, 0.3) is 0 Å². The van der Waals surface area contributed by atoms with Crippen LogP contribution in [0.5, 0.6) is 5.75 Å². The van der Waals surface area contributed by atoms with Gasteiger partial charge in [0.1, 0.15) is 5.75 Å². The number of rotatable bonds is 9. The first kappa shape index (κ1) is 19.5. The third-order valence-corrected chi connectivity index (χ3v) is 4.18. The van der Waals surface area contributed by atoms with Crippen LogP contribution in [0.4, 0.5) is 0 Å². The van der Waals surface area contributed by atoms with Crippen LogP contribution in [0, 0.1) is 6.92 Å². The van der Waals surface area contributed by atoms with E-state index in [1.165, 1.54) is 11.1 Å². The standard InChI is InChI=1S/C19H31NO3/c1-7-19(5,17-11-10-16(22-6)13-15(17)4)20-12-8-9-18(21)23-14(2)3/h10-11,13-14,20H,7-9,12H2,1-6H3. The Kier molecular flexibility index (Phi) is 7.56. The minimum atomic E-state index is -0.124. The predicted octanol–water partition coefficient (Wildman–Crippen LogP) is 3.95. The molecule has 23 heavy (non-hydrogen) atoms. The summed E-state index contributed by atoms with van der Waals surface area (Å²) in [5.41, 5.74) is 2.36. The zero-order chi connectivity index (χ0) is 17.5. The molecule has 0 aliphatic carbocycles. The van der Waals surface area contributed by atoms with Gasteiger partial charge in [-0.15, -0.1) is 0 Å². The normalized spacial score (nSPS) is 13.7. The zero-order valence-electron chi connectivity index (χ0n) is 15.4. The van der Waals surface area contributed by atoms with Gasteiger partial charge < -0.3 is 14.8 Å². The van der Waals surface area contributed by atoms with E-state index in [1.807, 2.05) is 19.9 Å². The fourth-order valence-corrected chi connectivity index (χ4v) is 2.71. The topological polar surface area (TPSA) is 47.6 Å². The third kappa shape index (κ3) is 5.87. The SMILES string of the molecule is CCC(C)(NCCCC(=O)OC(C)C)c1ccc(OC)cc1C. The molecule has 1 N–H and O–H groups in total. The summed E-state index contributed by atoms with van der Waals surface area (Å²) in [7, 11) is 1.68. The van der Waals surface area contributed by atoms with E-state index in [0.29, 0.717) is 6.42 Å². The highest BCUT2D eigenvalue weighted by Gasteiger charge is 2.25. The van der Waals surface area contributed by atoms with Gasteiger partial charge in [-0.05, 0) is 70.3 Å². The summed E-state index contributed by atoms with van der Waals surface area (Å²) in [5, 5.41) is 3.60. The first-order chi connectivity index (χ1) is 10.8. The highest BCUT2D eigenvalue weighted by atomic mass is 16.5. The molecule has 130 valence electrons. The summed E-state index contributed by atoms with van der Waals surface area (Å²) in [6.45, 7) is 11.0. The Bertz CT molecular complexity index is 513. The molecule has 0 heterocycles. The minimum Gasteiger partial charge on any atom is -0.497 e. The smallest absolute Gasteiger partial charge is 0.306 e. The van der Waals surface area contributed by atoms with Crippen molar-refractivity contribution in [2.45, 2.75) is 65.5 Å². The Hall–Kier alpha value is -1.55. The Balaban J connectivity index is 2.62. The van der Waals surface area contributed by atoms with Crippen molar-refractivity contribution >= 4 is 5.97 Å². The number of esters is 1. The number of hydrogen-bond donors (Lipinski definition) is 1. The van der Waals surface area contributed by atoms with Crippen molar-refractivity contribution < 1.29 is 14.3 Å². The number of methoxy groups -OCH3 is 1. The van der Waals surface area contributed by atoms with E-state index in [2.05, 4.69) is 38.2 Å². The maximum Gasteiger partial charge on any atom is 0.306 e. The van der Waals surface area contributed by atoms with E-state index >= 15 is 0 Å². The Labute approximate surface area is 140 Å². The van der Waals surface area contributed by atoms with E-state index in [0.717, 1.165) is 25.1 Å². The summed E-state index contributed by atoms with van der Waals surface area (Å²) in [5.74, 6) is 0.752. The highest BCUT2D eigenvalue weighted by Crippen LogP contribution is 2.29. The molecule has 0 radical (unpaired) electrons. The van der Waals surface area contributed by atoms with Crippen LogP contribution >= 0.6 is 0 Å². The molecule has 0 amide bonds. The van der Waals surface area contributed by atoms with Crippen molar-refractivity contribution in [1.82, 2.24) is 5.32 Å². The van der Waals surface area contributed by atoms with Crippen LogP contribution in [0.2, 0.25) is 0 Å². The number of aryl methyl sites for hydroxylation is 1. The summed E-state index contributed by atoms with van der Waals surface area (Å²) < 4.78 is 10.4. The Morgan fingerprint density at radius 3 is 2.57 bits per heavy atom. The molecule has 1 atom stereocenters. The number of carbonyl (C=O) groups excluding carboxylic acids is 1. The summed E-state index contributed by atoms with van der Waals surface area (Å²) >= 11 is 0. The number of hydrogen-bond acceptors (Lipinski definition) is 4. The molecule has 0 aliphatic heterocycles. The molecule has 4 nitrogen and oxygen atoms in total.